The summed E-state index contributed by atoms with van der Waals surface area (Å²) in [7, 11) is 1.68. The van der Waals surface area contributed by atoms with Crippen molar-refractivity contribution in [2.75, 3.05) is 39.5 Å². The first kappa shape index (κ1) is 42.5. The molecule has 0 bridgehead atoms. The van der Waals surface area contributed by atoms with Crippen molar-refractivity contribution in [2.45, 2.75) is 77.4 Å². The Labute approximate surface area is 334 Å². The lowest BCUT2D eigenvalue weighted by Crippen LogP contribution is -2.39. The number of aliphatic hydroxyl groups is 1. The molecule has 1 saturated heterocycles. The number of aromatic nitrogens is 5. The van der Waals surface area contributed by atoms with Gasteiger partial charge in [0.25, 0.3) is 0 Å². The Morgan fingerprint density at radius 2 is 1.71 bits per heavy atom. The number of halogens is 3. The number of likely N-dealkylation sites (tertiary alicyclic amines) is 1. The van der Waals surface area contributed by atoms with E-state index in [0.29, 0.717) is 69.5 Å². The molecular weight excluding hydrogens is 759 g/mol. The van der Waals surface area contributed by atoms with Crippen molar-refractivity contribution in [1.82, 2.24) is 33.9 Å². The minimum Gasteiger partial charge on any atom is -0.444 e. The highest BCUT2D eigenvalue weighted by atomic mass is 19.4. The number of rotatable bonds is 16. The molecule has 17 heteroatoms. The normalized spacial score (nSPS) is 15.8. The van der Waals surface area contributed by atoms with Gasteiger partial charge in [-0.2, -0.15) is 13.2 Å². The molecule has 0 saturated carbocycles. The SMILES string of the molecule is Cn1cnnc1[C@H](O)c1cccc(-n2cc3c(C(F)(F)F)cc(CN4CCC[C@H](OCCOCc5ccc(COCCNC(=O)OC(C)(C)C)cc5)C4)cn3c2=O)c1. The lowest BCUT2D eigenvalue weighted by atomic mass is 10.1. The van der Waals surface area contributed by atoms with E-state index < -0.39 is 35.2 Å². The number of fused-ring (bicyclic) bond motifs is 1. The first-order chi connectivity index (χ1) is 27.6. The van der Waals surface area contributed by atoms with Crippen LogP contribution in [-0.4, -0.2) is 91.0 Å². The van der Waals surface area contributed by atoms with Crippen LogP contribution in [0.5, 0.6) is 0 Å². The maximum atomic E-state index is 14.5. The second kappa shape index (κ2) is 18.7. The van der Waals surface area contributed by atoms with Gasteiger partial charge in [-0.3, -0.25) is 13.9 Å². The van der Waals surface area contributed by atoms with E-state index in [9.17, 15) is 27.9 Å². The molecule has 0 radical (unpaired) electrons. The highest BCUT2D eigenvalue weighted by Gasteiger charge is 2.35. The molecule has 2 atom stereocenters. The molecular formula is C41H50F3N7O7. The topological polar surface area (TPSA) is 147 Å². The van der Waals surface area contributed by atoms with Crippen LogP contribution in [0.4, 0.5) is 18.0 Å². The zero-order chi connectivity index (χ0) is 41.5. The number of benzene rings is 2. The fraction of sp³-hybridized carbons (Fsp3) is 0.463. The minimum absolute atomic E-state index is 0.116. The molecule has 1 aliphatic rings. The number of imidazole rings is 1. The molecule has 1 aliphatic heterocycles. The Kier molecular flexibility index (Phi) is 13.7. The molecule has 6 rings (SSSR count). The van der Waals surface area contributed by atoms with Crippen LogP contribution >= 0.6 is 0 Å². The Hall–Kier alpha value is -5.07. The number of nitrogens with one attached hydrogen (secondary N) is 1. The van der Waals surface area contributed by atoms with Crippen LogP contribution in [0.2, 0.25) is 0 Å². The van der Waals surface area contributed by atoms with Gasteiger partial charge in [0.15, 0.2) is 5.82 Å². The lowest BCUT2D eigenvalue weighted by Gasteiger charge is -2.32. The monoisotopic (exact) mass is 809 g/mol. The molecule has 312 valence electrons. The van der Waals surface area contributed by atoms with Gasteiger partial charge < -0.3 is 33.9 Å². The van der Waals surface area contributed by atoms with E-state index >= 15 is 0 Å². The van der Waals surface area contributed by atoms with E-state index in [1.807, 2.05) is 29.2 Å². The van der Waals surface area contributed by atoms with Crippen molar-refractivity contribution in [3.8, 4) is 5.69 Å². The number of nitrogens with zero attached hydrogens (tertiary/aromatic N) is 6. The summed E-state index contributed by atoms with van der Waals surface area (Å²) in [6, 6.07) is 15.4. The largest absolute Gasteiger partial charge is 0.444 e. The molecule has 0 spiro atoms. The Morgan fingerprint density at radius 1 is 0.983 bits per heavy atom. The number of alkyl carbamates (subject to hydrolysis) is 1. The minimum atomic E-state index is -4.71. The number of carbonyl (C=O) groups is 1. The number of pyridine rings is 1. The van der Waals surface area contributed by atoms with Crippen LogP contribution in [0.3, 0.4) is 0 Å². The third-order valence-electron chi connectivity index (χ3n) is 9.51. The average molecular weight is 810 g/mol. The molecule has 14 nitrogen and oxygen atoms in total. The predicted molar refractivity (Wildman–Crippen MR) is 207 cm³/mol. The van der Waals surface area contributed by atoms with Crippen molar-refractivity contribution >= 4 is 11.6 Å². The first-order valence-corrected chi connectivity index (χ1v) is 19.1. The van der Waals surface area contributed by atoms with Crippen LogP contribution < -0.4 is 11.0 Å². The van der Waals surface area contributed by atoms with Gasteiger partial charge in [0.1, 0.15) is 18.0 Å². The Bertz CT molecular complexity index is 2190. The second-order valence-electron chi connectivity index (χ2n) is 15.3. The highest BCUT2D eigenvalue weighted by molar-refractivity contribution is 5.67. The van der Waals surface area contributed by atoms with E-state index in [2.05, 4.69) is 15.5 Å². The van der Waals surface area contributed by atoms with Crippen molar-refractivity contribution in [3.63, 3.8) is 0 Å². The van der Waals surface area contributed by atoms with Crippen LogP contribution in [0.15, 0.2) is 78.1 Å². The fourth-order valence-electron chi connectivity index (χ4n) is 6.75. The molecule has 0 aliphatic carbocycles. The lowest BCUT2D eigenvalue weighted by molar-refractivity contribution is -0.136. The molecule has 1 fully saturated rings. The summed E-state index contributed by atoms with van der Waals surface area (Å²) in [5, 5.41) is 21.3. The molecule has 0 unspecified atom stereocenters. The number of aryl methyl sites for hydroxylation is 1. The number of carbonyl (C=O) groups excluding carboxylic acids is 1. The number of alkyl halides is 3. The van der Waals surface area contributed by atoms with Crippen molar-refractivity contribution < 1.29 is 42.0 Å². The third kappa shape index (κ3) is 11.3. The van der Waals surface area contributed by atoms with E-state index in [4.69, 9.17) is 18.9 Å². The number of ether oxygens (including phenoxy) is 4. The van der Waals surface area contributed by atoms with Crippen LogP contribution in [-0.2, 0) is 51.9 Å². The predicted octanol–water partition coefficient (Wildman–Crippen LogP) is 5.56. The fourth-order valence-corrected chi connectivity index (χ4v) is 6.75. The van der Waals surface area contributed by atoms with Gasteiger partial charge >= 0.3 is 18.0 Å². The van der Waals surface area contributed by atoms with E-state index in [1.165, 1.54) is 18.7 Å². The summed E-state index contributed by atoms with van der Waals surface area (Å²) in [5.74, 6) is 0.278. The van der Waals surface area contributed by atoms with Gasteiger partial charge in [-0.25, -0.2) is 9.59 Å². The zero-order valence-electron chi connectivity index (χ0n) is 33.1. The maximum Gasteiger partial charge on any atom is 0.418 e. The quantitative estimate of drug-likeness (QED) is 0.122. The maximum absolute atomic E-state index is 14.5. The van der Waals surface area contributed by atoms with Crippen LogP contribution in [0, 0.1) is 0 Å². The Morgan fingerprint density at radius 3 is 2.38 bits per heavy atom. The third-order valence-corrected chi connectivity index (χ3v) is 9.51. The first-order valence-electron chi connectivity index (χ1n) is 19.1. The zero-order valence-corrected chi connectivity index (χ0v) is 33.1. The van der Waals surface area contributed by atoms with Gasteiger partial charge in [-0.15, -0.1) is 10.2 Å². The number of piperidine rings is 1. The number of hydrogen-bond donors (Lipinski definition) is 2. The standard InChI is InChI=1S/C41H50F3N7O7/c1-40(2,3)58-38(53)45-14-16-55-25-28-10-12-29(13-11-28)26-56-17-18-57-33-9-6-15-49(23-33)21-30-19-34(41(42,43)44)35-24-50(39(54)51(35)22-30)32-8-5-7-31(20-32)36(52)37-47-46-27-48(37)4/h5,7-8,10-13,19-20,22,24,27,33,36,52H,6,9,14-18,21,23,25-26H2,1-4H3,(H,45,53)/t33-,36+/m0/s1. The molecule has 1 amide bonds. The van der Waals surface area contributed by atoms with Gasteiger partial charge in [0.2, 0.25) is 0 Å². The highest BCUT2D eigenvalue weighted by Crippen LogP contribution is 2.34. The van der Waals surface area contributed by atoms with Crippen LogP contribution in [0.25, 0.3) is 11.2 Å². The molecule has 2 aromatic carbocycles. The van der Waals surface area contributed by atoms with E-state index in [1.54, 1.807) is 56.7 Å². The van der Waals surface area contributed by atoms with E-state index in [0.717, 1.165) is 39.0 Å². The second-order valence-corrected chi connectivity index (χ2v) is 15.3. The molecule has 4 heterocycles. The summed E-state index contributed by atoms with van der Waals surface area (Å²) in [6.07, 6.45) is -0.754. The van der Waals surface area contributed by atoms with Gasteiger partial charge in [-0.1, -0.05) is 36.4 Å². The number of hydrogen-bond acceptors (Lipinski definition) is 10. The Balaban J connectivity index is 0.987. The van der Waals surface area contributed by atoms with Gasteiger partial charge in [-0.05, 0) is 80.6 Å². The van der Waals surface area contributed by atoms with E-state index in [-0.39, 0.29) is 24.0 Å². The summed E-state index contributed by atoms with van der Waals surface area (Å²) < 4.78 is 69.9. The van der Waals surface area contributed by atoms with Gasteiger partial charge in [0.05, 0.1) is 55.9 Å². The van der Waals surface area contributed by atoms with Gasteiger partial charge in [0, 0.05) is 39.1 Å². The summed E-state index contributed by atoms with van der Waals surface area (Å²) in [5.41, 5.74) is 0.630. The number of amides is 1. The number of aliphatic hydroxyl groups excluding tert-OH is 1. The molecule has 2 N–H and O–H groups in total. The average Bonchev–Trinajstić information content (AvgIpc) is 3.75. The summed E-state index contributed by atoms with van der Waals surface area (Å²) in [6.45, 7) is 9.07. The molecule has 58 heavy (non-hydrogen) atoms. The van der Waals surface area contributed by atoms with Crippen molar-refractivity contribution in [2.24, 2.45) is 7.05 Å². The molecule has 5 aromatic rings. The van der Waals surface area contributed by atoms with Crippen LogP contribution in [0.1, 0.15) is 73.4 Å². The van der Waals surface area contributed by atoms with Crippen molar-refractivity contribution in [1.29, 1.82) is 0 Å². The summed E-state index contributed by atoms with van der Waals surface area (Å²) in [4.78, 5) is 27.4. The van der Waals surface area contributed by atoms with Crippen molar-refractivity contribution in [3.05, 3.63) is 117 Å². The smallest absolute Gasteiger partial charge is 0.418 e. The summed E-state index contributed by atoms with van der Waals surface area (Å²) >= 11 is 0. The molecule has 3 aromatic heterocycles.